The average molecular weight is 284 g/mol. The highest BCUT2D eigenvalue weighted by molar-refractivity contribution is 8.00. The summed E-state index contributed by atoms with van der Waals surface area (Å²) in [6, 6.07) is 0. The smallest absolute Gasteiger partial charge is 0.342 e. The Morgan fingerprint density at radius 2 is 2.16 bits per heavy atom. The maximum atomic E-state index is 12.2. The number of hydrogen-bond acceptors (Lipinski definition) is 4. The van der Waals surface area contributed by atoms with Crippen LogP contribution in [0.1, 0.15) is 33.1 Å². The van der Waals surface area contributed by atoms with Crippen LogP contribution in [0.25, 0.3) is 0 Å². The standard InChI is InChI=1S/C12H20N4O2S/c1-3-6-16-11(18)13-14-12(16)19-9(2)10(17)15-7-4-5-8-15/h9H,3-8H2,1-2H3,(H,13,18)/t9-/m1/s1. The van der Waals surface area contributed by atoms with Crippen molar-refractivity contribution in [1.82, 2.24) is 19.7 Å². The number of aromatic amines is 1. The molecule has 1 aliphatic heterocycles. The number of H-pyrrole nitrogens is 1. The van der Waals surface area contributed by atoms with Crippen molar-refractivity contribution in [1.29, 1.82) is 0 Å². The number of thioether (sulfide) groups is 1. The fraction of sp³-hybridized carbons (Fsp3) is 0.750. The van der Waals surface area contributed by atoms with Gasteiger partial charge < -0.3 is 4.90 Å². The summed E-state index contributed by atoms with van der Waals surface area (Å²) < 4.78 is 1.60. The predicted octanol–water partition coefficient (Wildman–Crippen LogP) is 1.08. The molecule has 0 bridgehead atoms. The minimum atomic E-state index is -0.205. The second-order valence-electron chi connectivity index (χ2n) is 4.76. The SMILES string of the molecule is CCCn1c(S[C@H](C)C(=O)N2CCCC2)n[nH]c1=O. The van der Waals surface area contributed by atoms with Crippen LogP contribution in [-0.4, -0.2) is 43.9 Å². The number of nitrogens with zero attached hydrogens (tertiary/aromatic N) is 3. The molecule has 1 aliphatic rings. The number of hydrogen-bond donors (Lipinski definition) is 1. The molecular weight excluding hydrogens is 264 g/mol. The third-order valence-electron chi connectivity index (χ3n) is 3.22. The van der Waals surface area contributed by atoms with E-state index in [1.54, 1.807) is 4.57 Å². The molecule has 1 saturated heterocycles. The van der Waals surface area contributed by atoms with E-state index < -0.39 is 0 Å². The first-order valence-electron chi connectivity index (χ1n) is 6.74. The lowest BCUT2D eigenvalue weighted by molar-refractivity contribution is -0.129. The molecule has 0 radical (unpaired) electrons. The monoisotopic (exact) mass is 284 g/mol. The molecule has 6 nitrogen and oxygen atoms in total. The van der Waals surface area contributed by atoms with Crippen LogP contribution in [0.5, 0.6) is 0 Å². The van der Waals surface area contributed by atoms with Crippen LogP contribution in [0.4, 0.5) is 0 Å². The van der Waals surface area contributed by atoms with Crippen molar-refractivity contribution in [3.8, 4) is 0 Å². The Balaban J connectivity index is 2.03. The molecule has 0 aliphatic carbocycles. The molecule has 0 spiro atoms. The molecule has 1 N–H and O–H groups in total. The highest BCUT2D eigenvalue weighted by Crippen LogP contribution is 2.23. The molecule has 1 atom stereocenters. The molecule has 2 heterocycles. The summed E-state index contributed by atoms with van der Waals surface area (Å²) in [5.41, 5.74) is -0.204. The zero-order valence-electron chi connectivity index (χ0n) is 11.4. The van der Waals surface area contributed by atoms with Gasteiger partial charge in [0.15, 0.2) is 5.16 Å². The molecule has 0 saturated carbocycles. The minimum Gasteiger partial charge on any atom is -0.342 e. The van der Waals surface area contributed by atoms with E-state index in [4.69, 9.17) is 0 Å². The van der Waals surface area contributed by atoms with Gasteiger partial charge in [-0.3, -0.25) is 9.36 Å². The number of likely N-dealkylation sites (tertiary alicyclic amines) is 1. The Morgan fingerprint density at radius 1 is 1.47 bits per heavy atom. The number of aromatic nitrogens is 3. The Kier molecular flexibility index (Phi) is 4.68. The molecule has 1 aromatic rings. The Morgan fingerprint density at radius 3 is 2.79 bits per heavy atom. The molecule has 1 amide bonds. The van der Waals surface area contributed by atoms with Crippen molar-refractivity contribution >= 4 is 17.7 Å². The lowest BCUT2D eigenvalue weighted by Crippen LogP contribution is -2.34. The summed E-state index contributed by atoms with van der Waals surface area (Å²) in [5.74, 6) is 0.140. The zero-order valence-corrected chi connectivity index (χ0v) is 12.2. The molecule has 106 valence electrons. The van der Waals surface area contributed by atoms with Crippen molar-refractivity contribution in [2.75, 3.05) is 13.1 Å². The normalized spacial score (nSPS) is 16.8. The van der Waals surface area contributed by atoms with Crippen LogP contribution >= 0.6 is 11.8 Å². The third kappa shape index (κ3) is 3.20. The second kappa shape index (κ2) is 6.27. The number of amides is 1. The summed E-state index contributed by atoms with van der Waals surface area (Å²) in [5, 5.41) is 6.85. The fourth-order valence-corrected chi connectivity index (χ4v) is 3.18. The summed E-state index contributed by atoms with van der Waals surface area (Å²) in [7, 11) is 0. The largest absolute Gasteiger partial charge is 0.343 e. The van der Waals surface area contributed by atoms with Gasteiger partial charge in [-0.2, -0.15) is 0 Å². The van der Waals surface area contributed by atoms with Crippen molar-refractivity contribution < 1.29 is 4.79 Å². The molecule has 1 fully saturated rings. The maximum absolute atomic E-state index is 12.2. The summed E-state index contributed by atoms with van der Waals surface area (Å²) in [6.07, 6.45) is 3.04. The summed E-state index contributed by atoms with van der Waals surface area (Å²) in [4.78, 5) is 25.7. The molecule has 2 rings (SSSR count). The van der Waals surface area contributed by atoms with Gasteiger partial charge in [0.05, 0.1) is 5.25 Å². The van der Waals surface area contributed by atoms with Gasteiger partial charge in [0.2, 0.25) is 5.91 Å². The quantitative estimate of drug-likeness (QED) is 0.822. The highest BCUT2D eigenvalue weighted by Gasteiger charge is 2.25. The van der Waals surface area contributed by atoms with Gasteiger partial charge in [0.1, 0.15) is 0 Å². The van der Waals surface area contributed by atoms with Crippen LogP contribution in [0.3, 0.4) is 0 Å². The van der Waals surface area contributed by atoms with Crippen LogP contribution in [0.15, 0.2) is 9.95 Å². The molecule has 7 heteroatoms. The Bertz CT molecular complexity index is 490. The van der Waals surface area contributed by atoms with E-state index in [9.17, 15) is 9.59 Å². The number of nitrogens with one attached hydrogen (secondary N) is 1. The number of rotatable bonds is 5. The van der Waals surface area contributed by atoms with Gasteiger partial charge in [0.25, 0.3) is 0 Å². The van der Waals surface area contributed by atoms with E-state index in [-0.39, 0.29) is 16.8 Å². The van der Waals surface area contributed by atoms with E-state index in [1.807, 2.05) is 18.7 Å². The van der Waals surface area contributed by atoms with Gasteiger partial charge in [-0.25, -0.2) is 9.89 Å². The van der Waals surface area contributed by atoms with Gasteiger partial charge in [-0.05, 0) is 26.2 Å². The lowest BCUT2D eigenvalue weighted by Gasteiger charge is -2.19. The lowest BCUT2D eigenvalue weighted by atomic mass is 10.4. The maximum Gasteiger partial charge on any atom is 0.343 e. The zero-order chi connectivity index (χ0) is 13.8. The first kappa shape index (κ1) is 14.2. The molecule has 19 heavy (non-hydrogen) atoms. The number of carbonyl (C=O) groups excluding carboxylic acids is 1. The molecule has 0 aromatic carbocycles. The van der Waals surface area contributed by atoms with Gasteiger partial charge >= 0.3 is 5.69 Å². The van der Waals surface area contributed by atoms with Gasteiger partial charge in [0, 0.05) is 19.6 Å². The topological polar surface area (TPSA) is 71.0 Å². The predicted molar refractivity (Wildman–Crippen MR) is 74.3 cm³/mol. The fourth-order valence-electron chi connectivity index (χ4n) is 2.22. The Hall–Kier alpha value is -1.24. The van der Waals surface area contributed by atoms with Crippen molar-refractivity contribution in [2.45, 2.75) is 50.1 Å². The first-order valence-corrected chi connectivity index (χ1v) is 7.62. The van der Waals surface area contributed by atoms with E-state index >= 15 is 0 Å². The highest BCUT2D eigenvalue weighted by atomic mass is 32.2. The van der Waals surface area contributed by atoms with Crippen molar-refractivity contribution in [2.24, 2.45) is 0 Å². The van der Waals surface area contributed by atoms with E-state index in [0.717, 1.165) is 32.4 Å². The van der Waals surface area contributed by atoms with Gasteiger partial charge in [-0.1, -0.05) is 18.7 Å². The van der Waals surface area contributed by atoms with Crippen LogP contribution < -0.4 is 5.69 Å². The van der Waals surface area contributed by atoms with Crippen LogP contribution in [0.2, 0.25) is 0 Å². The first-order chi connectivity index (χ1) is 9.13. The van der Waals surface area contributed by atoms with E-state index in [1.165, 1.54) is 11.8 Å². The van der Waals surface area contributed by atoms with Crippen molar-refractivity contribution in [3.05, 3.63) is 10.5 Å². The summed E-state index contributed by atoms with van der Waals surface area (Å²) in [6.45, 7) is 6.22. The van der Waals surface area contributed by atoms with Crippen molar-refractivity contribution in [3.63, 3.8) is 0 Å². The van der Waals surface area contributed by atoms with Gasteiger partial charge in [-0.15, -0.1) is 5.10 Å². The number of carbonyl (C=O) groups is 1. The van der Waals surface area contributed by atoms with Crippen LogP contribution in [0, 0.1) is 0 Å². The third-order valence-corrected chi connectivity index (χ3v) is 4.30. The Labute approximate surface area is 116 Å². The molecular formula is C12H20N4O2S. The molecule has 0 unspecified atom stereocenters. The molecule has 1 aromatic heterocycles. The average Bonchev–Trinajstić information content (AvgIpc) is 3.02. The van der Waals surface area contributed by atoms with E-state index in [2.05, 4.69) is 10.2 Å². The van der Waals surface area contributed by atoms with E-state index in [0.29, 0.717) is 11.7 Å². The van der Waals surface area contributed by atoms with Crippen LogP contribution in [-0.2, 0) is 11.3 Å². The minimum absolute atomic E-state index is 0.140. The second-order valence-corrected chi connectivity index (χ2v) is 6.06. The summed E-state index contributed by atoms with van der Waals surface area (Å²) >= 11 is 1.36.